The Kier molecular flexibility index (Phi) is 14.7. The Labute approximate surface area is 252 Å². The molecule has 0 radical (unpaired) electrons. The number of hydrogen-bond acceptors (Lipinski definition) is 7. The molecule has 1 aromatic rings. The first kappa shape index (κ1) is 34.2. The predicted molar refractivity (Wildman–Crippen MR) is 165 cm³/mol. The highest BCUT2D eigenvalue weighted by Gasteiger charge is 2.18. The maximum atomic E-state index is 12.8. The predicted octanol–water partition coefficient (Wildman–Crippen LogP) is 7.93. The van der Waals surface area contributed by atoms with E-state index in [1.807, 2.05) is 25.1 Å². The molecule has 226 valence electrons. The molecule has 0 aromatic heterocycles. The van der Waals surface area contributed by atoms with E-state index in [9.17, 15) is 18.8 Å². The Bertz CT molecular complexity index is 1370. The van der Waals surface area contributed by atoms with Gasteiger partial charge in [-0.25, -0.2) is 9.59 Å². The van der Waals surface area contributed by atoms with E-state index in [0.717, 1.165) is 29.6 Å². The van der Waals surface area contributed by atoms with Gasteiger partial charge in [0.15, 0.2) is 0 Å². The summed E-state index contributed by atoms with van der Waals surface area (Å²) in [4.78, 5) is 33.9. The van der Waals surface area contributed by atoms with E-state index in [1.54, 1.807) is 24.3 Å². The molecule has 1 aromatic carbocycles. The van der Waals surface area contributed by atoms with Crippen molar-refractivity contribution in [2.75, 3.05) is 13.2 Å². The lowest BCUT2D eigenvalue weighted by Gasteiger charge is -2.20. The Balaban J connectivity index is 0.00000206. The minimum Gasteiger partial charge on any atom is -0.494 e. The van der Waals surface area contributed by atoms with Gasteiger partial charge in [0.05, 0.1) is 18.8 Å². The highest BCUT2D eigenvalue weighted by atomic mass is 19.1. The van der Waals surface area contributed by atoms with Gasteiger partial charge in [-0.15, -0.1) is 6.58 Å². The molecule has 0 atom stereocenters. The van der Waals surface area contributed by atoms with Gasteiger partial charge in [-0.3, -0.25) is 4.79 Å². The molecule has 0 amide bonds. The van der Waals surface area contributed by atoms with Gasteiger partial charge in [0.25, 0.3) is 6.47 Å². The number of carbonyl (C=O) groups is 3. The first-order valence-electron chi connectivity index (χ1n) is 13.7. The van der Waals surface area contributed by atoms with Crippen molar-refractivity contribution in [2.24, 2.45) is 0 Å². The molecule has 0 saturated carbocycles. The van der Waals surface area contributed by atoms with Gasteiger partial charge in [0.2, 0.25) is 5.83 Å². The molecular formula is C35H37FO7. The number of rotatable bonds is 14. The van der Waals surface area contributed by atoms with Crippen LogP contribution in [0.3, 0.4) is 0 Å². The summed E-state index contributed by atoms with van der Waals surface area (Å²) in [5, 5.41) is 0. The first-order chi connectivity index (χ1) is 20.7. The fourth-order valence-corrected chi connectivity index (χ4v) is 3.95. The molecule has 0 N–H and O–H groups in total. The highest BCUT2D eigenvalue weighted by Crippen LogP contribution is 2.34. The van der Waals surface area contributed by atoms with Crippen LogP contribution in [0.1, 0.15) is 54.9 Å². The van der Waals surface area contributed by atoms with Crippen molar-refractivity contribution in [3.05, 3.63) is 138 Å². The fourth-order valence-electron chi connectivity index (χ4n) is 3.95. The molecule has 43 heavy (non-hydrogen) atoms. The average Bonchev–Trinajstić information content (AvgIpc) is 3.01. The quantitative estimate of drug-likeness (QED) is 0.0319. The summed E-state index contributed by atoms with van der Waals surface area (Å²) in [6.45, 7) is 16.6. The number of ether oxygens (including phenoxy) is 4. The van der Waals surface area contributed by atoms with Crippen LogP contribution in [-0.4, -0.2) is 31.6 Å². The molecule has 2 aliphatic rings. The Morgan fingerprint density at radius 2 is 1.44 bits per heavy atom. The van der Waals surface area contributed by atoms with Crippen LogP contribution in [0.2, 0.25) is 0 Å². The lowest BCUT2D eigenvalue weighted by molar-refractivity contribution is -0.137. The molecule has 2 aliphatic carbocycles. The van der Waals surface area contributed by atoms with E-state index in [4.69, 9.17) is 14.2 Å². The second kappa shape index (κ2) is 18.5. The largest absolute Gasteiger partial charge is 0.494 e. The van der Waals surface area contributed by atoms with Gasteiger partial charge < -0.3 is 18.9 Å². The number of allylic oxidation sites excluding steroid dienone is 11. The van der Waals surface area contributed by atoms with Crippen LogP contribution < -0.4 is 0 Å². The monoisotopic (exact) mass is 588 g/mol. The summed E-state index contributed by atoms with van der Waals surface area (Å²) < 4.78 is 33.0. The van der Waals surface area contributed by atoms with Crippen molar-refractivity contribution in [2.45, 2.75) is 39.0 Å². The Hall–Kier alpha value is -4.98. The number of carbonyl (C=O) groups excluding carboxylic acids is 3. The van der Waals surface area contributed by atoms with Crippen molar-refractivity contribution in [3.63, 3.8) is 0 Å². The zero-order valence-electron chi connectivity index (χ0n) is 24.4. The van der Waals surface area contributed by atoms with Gasteiger partial charge in [-0.1, -0.05) is 56.2 Å². The molecule has 0 aliphatic heterocycles. The van der Waals surface area contributed by atoms with Crippen LogP contribution in [0.4, 0.5) is 4.39 Å². The number of halogens is 1. The molecule has 0 bridgehead atoms. The van der Waals surface area contributed by atoms with Crippen molar-refractivity contribution < 1.29 is 37.7 Å². The van der Waals surface area contributed by atoms with E-state index < -0.39 is 17.8 Å². The van der Waals surface area contributed by atoms with E-state index in [-0.39, 0.29) is 12.4 Å². The summed E-state index contributed by atoms with van der Waals surface area (Å²) >= 11 is 0. The summed E-state index contributed by atoms with van der Waals surface area (Å²) in [5.74, 6) is -1.78. The Morgan fingerprint density at radius 1 is 0.860 bits per heavy atom. The standard InChI is InChI=1S/C32H31FO7.C3H6/c1-22(38-20-4-19-37-21-34)5-6-23(2)39-32(36)29-13-11-27(12-14-29)25-7-9-26(10-8-25)28-15-17-30(18-16-28)40-31(35)24(3)33;1-3-2/h5-7,9,11-15,17,21H,1-4,8,10,16,18-20H2;3H,1H2,2H3/b6-5-;. The third-order valence-corrected chi connectivity index (χ3v) is 6.05. The number of hydrogen-bond donors (Lipinski definition) is 0. The second-order valence-electron chi connectivity index (χ2n) is 9.31. The van der Waals surface area contributed by atoms with Crippen molar-refractivity contribution in [1.29, 1.82) is 0 Å². The third-order valence-electron chi connectivity index (χ3n) is 6.05. The van der Waals surface area contributed by atoms with Crippen molar-refractivity contribution >= 4 is 24.0 Å². The van der Waals surface area contributed by atoms with Gasteiger partial charge in [0.1, 0.15) is 17.3 Å². The van der Waals surface area contributed by atoms with E-state index in [0.29, 0.717) is 49.4 Å². The average molecular weight is 589 g/mol. The molecular weight excluding hydrogens is 551 g/mol. The number of esters is 2. The van der Waals surface area contributed by atoms with E-state index in [1.165, 1.54) is 17.7 Å². The van der Waals surface area contributed by atoms with Gasteiger partial charge in [0, 0.05) is 12.8 Å². The van der Waals surface area contributed by atoms with E-state index in [2.05, 4.69) is 43.2 Å². The van der Waals surface area contributed by atoms with E-state index >= 15 is 0 Å². The second-order valence-corrected chi connectivity index (χ2v) is 9.31. The molecule has 0 spiro atoms. The normalized spacial score (nSPS) is 13.9. The zero-order chi connectivity index (χ0) is 31.6. The first-order valence-corrected chi connectivity index (χ1v) is 13.7. The lowest BCUT2D eigenvalue weighted by Crippen LogP contribution is -2.07. The van der Waals surface area contributed by atoms with Gasteiger partial charge in [-0.2, -0.15) is 4.39 Å². The lowest BCUT2D eigenvalue weighted by atomic mass is 9.87. The molecule has 0 heterocycles. The maximum absolute atomic E-state index is 12.8. The third kappa shape index (κ3) is 12.2. The summed E-state index contributed by atoms with van der Waals surface area (Å²) in [6, 6.07) is 7.18. The van der Waals surface area contributed by atoms with Crippen LogP contribution in [0.15, 0.2) is 127 Å². The summed E-state index contributed by atoms with van der Waals surface area (Å²) in [5.41, 5.74) is 4.90. The molecule has 3 rings (SSSR count). The molecule has 0 saturated heterocycles. The van der Waals surface area contributed by atoms with Gasteiger partial charge in [-0.05, 0) is 78.8 Å². The minimum absolute atomic E-state index is 0.140. The SMILES string of the molecule is C=C(/C=C\C(=C)OC(=O)c1ccc(C2=CC=C(C3=CC=C(OC(=O)C(=C)F)CC3)CC2)cc1)OCCCOC=O.C=CC. The van der Waals surface area contributed by atoms with Crippen LogP contribution in [-0.2, 0) is 28.5 Å². The minimum atomic E-state index is -1.11. The Morgan fingerprint density at radius 3 is 2.00 bits per heavy atom. The van der Waals surface area contributed by atoms with Crippen molar-refractivity contribution in [3.8, 4) is 0 Å². The summed E-state index contributed by atoms with van der Waals surface area (Å²) in [6.07, 6.45) is 15.9. The smallest absolute Gasteiger partial charge is 0.371 e. The van der Waals surface area contributed by atoms with Crippen LogP contribution >= 0.6 is 0 Å². The number of benzene rings is 1. The summed E-state index contributed by atoms with van der Waals surface area (Å²) in [7, 11) is 0. The maximum Gasteiger partial charge on any atom is 0.371 e. The zero-order valence-corrected chi connectivity index (χ0v) is 24.4. The fraction of sp³-hybridized carbons (Fsp3) is 0.229. The molecule has 8 heteroatoms. The van der Waals surface area contributed by atoms with Gasteiger partial charge >= 0.3 is 11.9 Å². The van der Waals surface area contributed by atoms with Crippen molar-refractivity contribution in [1.82, 2.24) is 0 Å². The topological polar surface area (TPSA) is 88.1 Å². The van der Waals surface area contributed by atoms with Crippen LogP contribution in [0.5, 0.6) is 0 Å². The van der Waals surface area contributed by atoms with Crippen LogP contribution in [0.25, 0.3) is 5.57 Å². The molecule has 7 nitrogen and oxygen atoms in total. The molecule has 0 unspecified atom stereocenters. The van der Waals surface area contributed by atoms with Crippen LogP contribution in [0, 0.1) is 0 Å². The molecule has 0 fully saturated rings. The highest BCUT2D eigenvalue weighted by molar-refractivity contribution is 5.90.